The minimum atomic E-state index is -1.27. The fourth-order valence-electron chi connectivity index (χ4n) is 3.46. The number of esters is 2. The van der Waals surface area contributed by atoms with Crippen LogP contribution in [0.15, 0.2) is 24.3 Å². The maximum atomic E-state index is 12.7. The van der Waals surface area contributed by atoms with Crippen molar-refractivity contribution in [2.45, 2.75) is 53.4 Å². The molecular formula is C26H30O8. The van der Waals surface area contributed by atoms with Crippen LogP contribution in [-0.4, -0.2) is 47.3 Å². The molecule has 2 aromatic rings. The summed E-state index contributed by atoms with van der Waals surface area (Å²) >= 11 is 0. The third-order valence-corrected chi connectivity index (χ3v) is 5.38. The third kappa shape index (κ3) is 6.21. The van der Waals surface area contributed by atoms with Crippen molar-refractivity contribution in [3.05, 3.63) is 57.6 Å². The molecular weight excluding hydrogens is 440 g/mol. The second kappa shape index (κ2) is 12.0. The van der Waals surface area contributed by atoms with Crippen molar-refractivity contribution in [3.8, 4) is 11.1 Å². The van der Waals surface area contributed by atoms with Gasteiger partial charge in [0.2, 0.25) is 0 Å². The summed E-state index contributed by atoms with van der Waals surface area (Å²) in [6.07, 6.45) is 2.91. The van der Waals surface area contributed by atoms with Crippen LogP contribution < -0.4 is 0 Å². The van der Waals surface area contributed by atoms with E-state index in [1.54, 1.807) is 13.8 Å². The lowest BCUT2D eigenvalue weighted by molar-refractivity contribution is 0.0483. The summed E-state index contributed by atoms with van der Waals surface area (Å²) < 4.78 is 10.5. The molecule has 0 unspecified atom stereocenters. The summed E-state index contributed by atoms with van der Waals surface area (Å²) in [6, 6.07) is 5.58. The maximum absolute atomic E-state index is 12.7. The summed E-state index contributed by atoms with van der Waals surface area (Å²) in [5.74, 6) is -4.05. The van der Waals surface area contributed by atoms with Crippen LogP contribution in [0.3, 0.4) is 0 Å². The lowest BCUT2D eigenvalue weighted by Gasteiger charge is -2.16. The number of carbonyl (C=O) groups is 4. The fraction of sp³-hybridized carbons (Fsp3) is 0.385. The molecule has 8 nitrogen and oxygen atoms in total. The van der Waals surface area contributed by atoms with Gasteiger partial charge in [-0.25, -0.2) is 19.2 Å². The lowest BCUT2D eigenvalue weighted by Crippen LogP contribution is -2.15. The van der Waals surface area contributed by atoms with E-state index in [9.17, 15) is 29.4 Å². The zero-order valence-corrected chi connectivity index (χ0v) is 19.9. The second-order valence-corrected chi connectivity index (χ2v) is 8.01. The van der Waals surface area contributed by atoms with Crippen molar-refractivity contribution < 1.29 is 38.9 Å². The van der Waals surface area contributed by atoms with Gasteiger partial charge in [0.05, 0.1) is 35.5 Å². The average Bonchev–Trinajstić information content (AvgIpc) is 2.78. The van der Waals surface area contributed by atoms with Crippen molar-refractivity contribution in [1.29, 1.82) is 0 Å². The highest BCUT2D eigenvalue weighted by atomic mass is 16.5. The van der Waals surface area contributed by atoms with Crippen molar-refractivity contribution in [1.82, 2.24) is 0 Å². The Hall–Kier alpha value is -3.68. The molecule has 0 saturated heterocycles. The van der Waals surface area contributed by atoms with Gasteiger partial charge in [0, 0.05) is 0 Å². The summed E-state index contributed by atoms with van der Waals surface area (Å²) in [4.78, 5) is 48.9. The molecule has 2 rings (SSSR count). The van der Waals surface area contributed by atoms with Gasteiger partial charge >= 0.3 is 23.9 Å². The Balaban J connectivity index is 2.65. The van der Waals surface area contributed by atoms with E-state index in [0.717, 1.165) is 12.8 Å². The molecule has 2 aromatic carbocycles. The number of benzene rings is 2. The molecule has 0 atom stereocenters. The Kier molecular flexibility index (Phi) is 9.36. The Bertz CT molecular complexity index is 1010. The number of aromatic carboxylic acids is 2. The molecule has 182 valence electrons. The molecule has 8 heteroatoms. The van der Waals surface area contributed by atoms with Crippen molar-refractivity contribution >= 4 is 23.9 Å². The molecule has 0 aliphatic heterocycles. The van der Waals surface area contributed by atoms with Crippen LogP contribution in [0.25, 0.3) is 11.1 Å². The first kappa shape index (κ1) is 26.6. The molecule has 2 N–H and O–H groups in total. The van der Waals surface area contributed by atoms with E-state index < -0.39 is 23.9 Å². The van der Waals surface area contributed by atoms with E-state index in [4.69, 9.17) is 9.47 Å². The molecule has 0 amide bonds. The number of aryl methyl sites for hydroxylation is 2. The van der Waals surface area contributed by atoms with E-state index in [1.165, 1.54) is 24.3 Å². The number of carboxylic acid groups (broad SMARTS) is 2. The molecule has 0 aliphatic rings. The quantitative estimate of drug-likeness (QED) is 0.335. The Morgan fingerprint density at radius 1 is 0.647 bits per heavy atom. The first-order chi connectivity index (χ1) is 16.1. The van der Waals surface area contributed by atoms with Crippen molar-refractivity contribution in [2.24, 2.45) is 0 Å². The molecule has 0 saturated carbocycles. The van der Waals surface area contributed by atoms with Crippen molar-refractivity contribution in [3.63, 3.8) is 0 Å². The van der Waals surface area contributed by atoms with Gasteiger partial charge in [0.25, 0.3) is 0 Å². The van der Waals surface area contributed by atoms with Crippen LogP contribution >= 0.6 is 0 Å². The Morgan fingerprint density at radius 2 is 1.00 bits per heavy atom. The summed E-state index contributed by atoms with van der Waals surface area (Å²) in [7, 11) is 0. The van der Waals surface area contributed by atoms with Crippen LogP contribution in [0.1, 0.15) is 92.1 Å². The van der Waals surface area contributed by atoms with Crippen LogP contribution in [0.4, 0.5) is 0 Å². The van der Waals surface area contributed by atoms with Gasteiger partial charge in [-0.15, -0.1) is 0 Å². The topological polar surface area (TPSA) is 127 Å². The van der Waals surface area contributed by atoms with E-state index in [2.05, 4.69) is 0 Å². The van der Waals surface area contributed by atoms with Crippen LogP contribution in [0, 0.1) is 13.8 Å². The van der Waals surface area contributed by atoms with E-state index in [1.807, 2.05) is 13.8 Å². The lowest BCUT2D eigenvalue weighted by atomic mass is 9.89. The number of rotatable bonds is 11. The maximum Gasteiger partial charge on any atom is 0.339 e. The van der Waals surface area contributed by atoms with E-state index in [0.29, 0.717) is 35.1 Å². The standard InChI is InChI=1S/C26H30O8/c1-5-7-9-33-25(31)21-13-17(15(3)11-19(21)23(27)28)18-14-22(26(32)34-10-8-6-2)20(24(29)30)12-16(18)4/h11-14H,5-10H2,1-4H3,(H,27,28)(H,29,30). The zero-order valence-electron chi connectivity index (χ0n) is 19.9. The highest BCUT2D eigenvalue weighted by Gasteiger charge is 2.24. The average molecular weight is 471 g/mol. The van der Waals surface area contributed by atoms with Gasteiger partial charge in [-0.1, -0.05) is 26.7 Å². The monoisotopic (exact) mass is 470 g/mol. The highest BCUT2D eigenvalue weighted by Crippen LogP contribution is 2.32. The summed E-state index contributed by atoms with van der Waals surface area (Å²) in [5.41, 5.74) is 1.45. The van der Waals surface area contributed by atoms with Gasteiger partial charge in [-0.05, 0) is 73.2 Å². The van der Waals surface area contributed by atoms with Crippen molar-refractivity contribution in [2.75, 3.05) is 13.2 Å². The third-order valence-electron chi connectivity index (χ3n) is 5.38. The normalized spacial score (nSPS) is 10.6. The molecule has 0 spiro atoms. The second-order valence-electron chi connectivity index (χ2n) is 8.01. The fourth-order valence-corrected chi connectivity index (χ4v) is 3.46. The van der Waals surface area contributed by atoms with Gasteiger partial charge < -0.3 is 19.7 Å². The number of unbranched alkanes of at least 4 members (excludes halogenated alkanes) is 2. The predicted molar refractivity (Wildman–Crippen MR) is 126 cm³/mol. The number of carboxylic acids is 2. The molecule has 0 radical (unpaired) electrons. The van der Waals surface area contributed by atoms with Crippen LogP contribution in [0.2, 0.25) is 0 Å². The Labute approximate surface area is 198 Å². The highest BCUT2D eigenvalue weighted by molar-refractivity contribution is 6.06. The number of carbonyl (C=O) groups excluding carboxylic acids is 2. The largest absolute Gasteiger partial charge is 0.478 e. The smallest absolute Gasteiger partial charge is 0.339 e. The molecule has 0 fully saturated rings. The molecule has 0 aliphatic carbocycles. The minimum Gasteiger partial charge on any atom is -0.478 e. The molecule has 0 bridgehead atoms. The summed E-state index contributed by atoms with van der Waals surface area (Å²) in [5, 5.41) is 19.2. The zero-order chi connectivity index (χ0) is 25.4. The summed E-state index contributed by atoms with van der Waals surface area (Å²) in [6.45, 7) is 7.56. The Morgan fingerprint density at radius 3 is 1.29 bits per heavy atom. The molecule has 0 heterocycles. The molecule has 0 aromatic heterocycles. The number of hydrogen-bond donors (Lipinski definition) is 2. The van der Waals surface area contributed by atoms with Gasteiger partial charge in [0.1, 0.15) is 0 Å². The predicted octanol–water partition coefficient (Wildman–Crippen LogP) is 5.28. The van der Waals surface area contributed by atoms with Gasteiger partial charge in [-0.3, -0.25) is 0 Å². The van der Waals surface area contributed by atoms with Gasteiger partial charge in [0.15, 0.2) is 0 Å². The molecule has 34 heavy (non-hydrogen) atoms. The first-order valence-electron chi connectivity index (χ1n) is 11.2. The first-order valence-corrected chi connectivity index (χ1v) is 11.2. The minimum absolute atomic E-state index is 0.113. The number of ether oxygens (including phenoxy) is 2. The number of hydrogen-bond acceptors (Lipinski definition) is 6. The van der Waals surface area contributed by atoms with E-state index in [-0.39, 0.29) is 35.5 Å². The van der Waals surface area contributed by atoms with Crippen LogP contribution in [0.5, 0.6) is 0 Å². The SMILES string of the molecule is CCCCOC(=O)c1cc(-c2cc(C(=O)OCCCC)c(C(=O)O)cc2C)c(C)cc1C(=O)O. The van der Waals surface area contributed by atoms with Crippen LogP contribution in [-0.2, 0) is 9.47 Å². The van der Waals surface area contributed by atoms with E-state index >= 15 is 0 Å². The van der Waals surface area contributed by atoms with Gasteiger partial charge in [-0.2, -0.15) is 0 Å².